The molecule has 0 radical (unpaired) electrons. The monoisotopic (exact) mass is 282 g/mol. The second-order valence-corrected chi connectivity index (χ2v) is 5.09. The van der Waals surface area contributed by atoms with Crippen LogP contribution >= 0.6 is 0 Å². The normalized spacial score (nSPS) is 11.9. The third-order valence-corrected chi connectivity index (χ3v) is 3.49. The lowest BCUT2D eigenvalue weighted by Crippen LogP contribution is -2.28. The van der Waals surface area contributed by atoms with Crippen LogP contribution in [-0.2, 0) is 0 Å². The molecule has 0 aliphatic heterocycles. The lowest BCUT2D eigenvalue weighted by atomic mass is 10.0. The molecule has 0 saturated carbocycles. The molecule has 0 spiro atoms. The Kier molecular flexibility index (Phi) is 5.98. The van der Waals surface area contributed by atoms with Crippen molar-refractivity contribution in [2.75, 3.05) is 6.54 Å². The maximum Gasteiger partial charge on any atom is 0.251 e. The van der Waals surface area contributed by atoms with E-state index < -0.39 is 0 Å². The smallest absolute Gasteiger partial charge is 0.251 e. The van der Waals surface area contributed by atoms with Crippen LogP contribution in [0.2, 0.25) is 0 Å². The van der Waals surface area contributed by atoms with Gasteiger partial charge in [-0.3, -0.25) is 4.79 Å². The van der Waals surface area contributed by atoms with Crippen molar-refractivity contribution >= 4 is 5.91 Å². The summed E-state index contributed by atoms with van der Waals surface area (Å²) in [5, 5.41) is 3.13. The summed E-state index contributed by atoms with van der Waals surface area (Å²) in [5.41, 5.74) is 7.39. The van der Waals surface area contributed by atoms with Gasteiger partial charge in [-0.25, -0.2) is 0 Å². The first-order valence-corrected chi connectivity index (χ1v) is 7.42. The number of benzene rings is 2. The molecule has 3 N–H and O–H groups in total. The third kappa shape index (κ3) is 4.72. The number of hydrogen-bond donors (Lipinski definition) is 2. The van der Waals surface area contributed by atoms with Crippen molar-refractivity contribution in [3.05, 3.63) is 71.8 Å². The van der Waals surface area contributed by atoms with Crippen molar-refractivity contribution in [2.24, 2.45) is 5.73 Å². The Balaban J connectivity index is 2.07. The molecule has 0 fully saturated rings. The highest BCUT2D eigenvalue weighted by molar-refractivity contribution is 5.94. The zero-order valence-corrected chi connectivity index (χ0v) is 12.2. The Hall–Kier alpha value is -2.13. The van der Waals surface area contributed by atoms with Crippen molar-refractivity contribution in [1.82, 2.24) is 5.32 Å². The van der Waals surface area contributed by atoms with Crippen LogP contribution < -0.4 is 11.1 Å². The largest absolute Gasteiger partial charge is 0.345 e. The molecular weight excluding hydrogens is 260 g/mol. The summed E-state index contributed by atoms with van der Waals surface area (Å²) in [4.78, 5) is 12.3. The molecule has 1 atom stereocenters. The minimum absolute atomic E-state index is 0.0304. The SMILES string of the molecule is NCCCCC(NC(=O)c1ccccc1)c1ccccc1. The van der Waals surface area contributed by atoms with Crippen LogP contribution in [-0.4, -0.2) is 12.5 Å². The van der Waals surface area contributed by atoms with Gasteiger partial charge < -0.3 is 11.1 Å². The average Bonchev–Trinajstić information content (AvgIpc) is 2.55. The number of unbranched alkanes of at least 4 members (excludes halogenated alkanes) is 1. The molecule has 3 heteroatoms. The molecule has 110 valence electrons. The van der Waals surface area contributed by atoms with Gasteiger partial charge in [-0.2, -0.15) is 0 Å². The first-order valence-electron chi connectivity index (χ1n) is 7.42. The highest BCUT2D eigenvalue weighted by Crippen LogP contribution is 2.19. The molecule has 2 aromatic rings. The zero-order chi connectivity index (χ0) is 14.9. The number of carbonyl (C=O) groups is 1. The van der Waals surface area contributed by atoms with Crippen LogP contribution in [0.3, 0.4) is 0 Å². The van der Waals surface area contributed by atoms with E-state index in [0.717, 1.165) is 24.8 Å². The van der Waals surface area contributed by atoms with Gasteiger partial charge in [0.1, 0.15) is 0 Å². The van der Waals surface area contributed by atoms with E-state index in [2.05, 4.69) is 17.4 Å². The molecule has 0 aliphatic carbocycles. The van der Waals surface area contributed by atoms with E-state index in [-0.39, 0.29) is 11.9 Å². The summed E-state index contributed by atoms with van der Waals surface area (Å²) in [6.45, 7) is 0.689. The minimum Gasteiger partial charge on any atom is -0.345 e. The van der Waals surface area contributed by atoms with Gasteiger partial charge in [0.15, 0.2) is 0 Å². The third-order valence-electron chi connectivity index (χ3n) is 3.49. The first kappa shape index (κ1) is 15.3. The van der Waals surface area contributed by atoms with E-state index in [9.17, 15) is 4.79 Å². The number of nitrogens with one attached hydrogen (secondary N) is 1. The topological polar surface area (TPSA) is 55.1 Å². The van der Waals surface area contributed by atoms with Crippen LogP contribution in [0.4, 0.5) is 0 Å². The lowest BCUT2D eigenvalue weighted by Gasteiger charge is -2.19. The van der Waals surface area contributed by atoms with E-state index >= 15 is 0 Å². The number of carbonyl (C=O) groups excluding carboxylic acids is 1. The van der Waals surface area contributed by atoms with Gasteiger partial charge in [0.05, 0.1) is 6.04 Å². The number of rotatable bonds is 7. The fraction of sp³-hybridized carbons (Fsp3) is 0.278. The molecule has 21 heavy (non-hydrogen) atoms. The second kappa shape index (κ2) is 8.22. The van der Waals surface area contributed by atoms with Gasteiger partial charge in [0, 0.05) is 5.56 Å². The Morgan fingerprint density at radius 1 is 0.952 bits per heavy atom. The van der Waals surface area contributed by atoms with Gasteiger partial charge in [0.25, 0.3) is 5.91 Å². The molecule has 0 saturated heterocycles. The Labute approximate surface area is 126 Å². The predicted molar refractivity (Wildman–Crippen MR) is 86.0 cm³/mol. The number of amides is 1. The molecule has 1 unspecified atom stereocenters. The molecule has 0 bridgehead atoms. The fourth-order valence-corrected chi connectivity index (χ4v) is 2.33. The lowest BCUT2D eigenvalue weighted by molar-refractivity contribution is 0.0934. The summed E-state index contributed by atoms with van der Waals surface area (Å²) in [6, 6.07) is 19.4. The molecule has 3 nitrogen and oxygen atoms in total. The van der Waals surface area contributed by atoms with Crippen molar-refractivity contribution in [3.63, 3.8) is 0 Å². The predicted octanol–water partition coefficient (Wildman–Crippen LogP) is 3.29. The van der Waals surface area contributed by atoms with Crippen molar-refractivity contribution < 1.29 is 4.79 Å². The summed E-state index contributed by atoms with van der Waals surface area (Å²) in [6.07, 6.45) is 2.88. The van der Waals surface area contributed by atoms with Crippen LogP contribution in [0.5, 0.6) is 0 Å². The highest BCUT2D eigenvalue weighted by atomic mass is 16.1. The molecule has 0 heterocycles. The summed E-state index contributed by atoms with van der Waals surface area (Å²) in [5.74, 6) is -0.0304. The summed E-state index contributed by atoms with van der Waals surface area (Å²) < 4.78 is 0. The van der Waals surface area contributed by atoms with Crippen LogP contribution in [0.25, 0.3) is 0 Å². The standard InChI is InChI=1S/C18H22N2O/c19-14-8-7-13-17(15-9-3-1-4-10-15)20-18(21)16-11-5-2-6-12-16/h1-6,9-12,17H,7-8,13-14,19H2,(H,20,21). The fourth-order valence-electron chi connectivity index (χ4n) is 2.33. The van der Waals surface area contributed by atoms with Crippen molar-refractivity contribution in [2.45, 2.75) is 25.3 Å². The van der Waals surface area contributed by atoms with Crippen LogP contribution in [0.15, 0.2) is 60.7 Å². The van der Waals surface area contributed by atoms with E-state index in [1.165, 1.54) is 0 Å². The van der Waals surface area contributed by atoms with E-state index in [0.29, 0.717) is 12.1 Å². The molecule has 2 rings (SSSR count). The van der Waals surface area contributed by atoms with Crippen molar-refractivity contribution in [3.8, 4) is 0 Å². The van der Waals surface area contributed by atoms with Gasteiger partial charge in [-0.1, -0.05) is 48.5 Å². The minimum atomic E-state index is -0.0304. The van der Waals surface area contributed by atoms with Gasteiger partial charge >= 0.3 is 0 Å². The maximum atomic E-state index is 12.3. The Bertz CT molecular complexity index is 540. The van der Waals surface area contributed by atoms with E-state index in [1.807, 2.05) is 48.5 Å². The molecule has 0 aliphatic rings. The zero-order valence-electron chi connectivity index (χ0n) is 12.2. The number of hydrogen-bond acceptors (Lipinski definition) is 2. The first-order chi connectivity index (χ1) is 10.3. The van der Waals surface area contributed by atoms with Crippen LogP contribution in [0, 0.1) is 0 Å². The maximum absolute atomic E-state index is 12.3. The quantitative estimate of drug-likeness (QED) is 0.766. The summed E-state index contributed by atoms with van der Waals surface area (Å²) >= 11 is 0. The Morgan fingerprint density at radius 3 is 2.19 bits per heavy atom. The van der Waals surface area contributed by atoms with Gasteiger partial charge in [-0.05, 0) is 43.5 Å². The molecule has 0 aromatic heterocycles. The second-order valence-electron chi connectivity index (χ2n) is 5.09. The Morgan fingerprint density at radius 2 is 1.57 bits per heavy atom. The van der Waals surface area contributed by atoms with Gasteiger partial charge in [-0.15, -0.1) is 0 Å². The highest BCUT2D eigenvalue weighted by Gasteiger charge is 2.15. The van der Waals surface area contributed by atoms with E-state index in [4.69, 9.17) is 5.73 Å². The van der Waals surface area contributed by atoms with Gasteiger partial charge in [0.2, 0.25) is 0 Å². The van der Waals surface area contributed by atoms with Crippen molar-refractivity contribution in [1.29, 1.82) is 0 Å². The van der Waals surface area contributed by atoms with E-state index in [1.54, 1.807) is 0 Å². The molecular formula is C18H22N2O. The molecule has 2 aromatic carbocycles. The summed E-state index contributed by atoms with van der Waals surface area (Å²) in [7, 11) is 0. The number of nitrogens with two attached hydrogens (primary N) is 1. The molecule has 1 amide bonds. The van der Waals surface area contributed by atoms with Crippen LogP contribution in [0.1, 0.15) is 41.2 Å². The average molecular weight is 282 g/mol.